The van der Waals surface area contributed by atoms with E-state index >= 15 is 0 Å². The van der Waals surface area contributed by atoms with Crippen molar-refractivity contribution in [2.75, 3.05) is 6.54 Å². The summed E-state index contributed by atoms with van der Waals surface area (Å²) in [4.78, 5) is 2.83. The molecule has 0 fully saturated rings. The van der Waals surface area contributed by atoms with Crippen LogP contribution in [0.5, 0.6) is 5.75 Å². The molecule has 0 bridgehead atoms. The van der Waals surface area contributed by atoms with Crippen LogP contribution in [0.1, 0.15) is 5.56 Å². The first-order valence-electron chi connectivity index (χ1n) is 4.41. The number of phenols is 1. The molecule has 1 aromatic carbocycles. The zero-order valence-corrected chi connectivity index (χ0v) is 7.55. The molecule has 3 nitrogen and oxygen atoms in total. The molecule has 74 valence electrons. The zero-order valence-electron chi connectivity index (χ0n) is 7.55. The fourth-order valence-corrected chi connectivity index (χ4v) is 1.59. The van der Waals surface area contributed by atoms with E-state index in [1.54, 1.807) is 12.3 Å². The van der Waals surface area contributed by atoms with Gasteiger partial charge in [-0.2, -0.15) is 0 Å². The Morgan fingerprint density at radius 2 is 2.21 bits per heavy atom. The minimum absolute atomic E-state index is 0.0622. The van der Waals surface area contributed by atoms with Crippen molar-refractivity contribution in [3.63, 3.8) is 0 Å². The highest BCUT2D eigenvalue weighted by atomic mass is 19.1. The van der Waals surface area contributed by atoms with Crippen molar-refractivity contribution in [2.24, 2.45) is 5.73 Å². The predicted molar refractivity (Wildman–Crippen MR) is 52.7 cm³/mol. The van der Waals surface area contributed by atoms with Crippen LogP contribution in [0.4, 0.5) is 4.39 Å². The molecule has 2 rings (SSSR count). The molecule has 0 atom stereocenters. The molecular formula is C10H11FN2O. The standard InChI is InChI=1S/C10H11FN2O/c11-9-4-7(14)3-8-6(1-2-12)5-13-10(8)9/h3-5,13-14H,1-2,12H2. The summed E-state index contributed by atoms with van der Waals surface area (Å²) in [5, 5.41) is 9.94. The lowest BCUT2D eigenvalue weighted by molar-refractivity contribution is 0.471. The summed E-state index contributed by atoms with van der Waals surface area (Å²) >= 11 is 0. The van der Waals surface area contributed by atoms with Gasteiger partial charge in [0.15, 0.2) is 5.82 Å². The Morgan fingerprint density at radius 3 is 2.93 bits per heavy atom. The molecule has 4 N–H and O–H groups in total. The van der Waals surface area contributed by atoms with Gasteiger partial charge in [0.2, 0.25) is 0 Å². The van der Waals surface area contributed by atoms with Crippen LogP contribution in [-0.2, 0) is 6.42 Å². The number of rotatable bonds is 2. The summed E-state index contributed by atoms with van der Waals surface area (Å²) < 4.78 is 13.3. The van der Waals surface area contributed by atoms with Gasteiger partial charge in [0, 0.05) is 17.6 Å². The van der Waals surface area contributed by atoms with Crippen molar-refractivity contribution in [1.82, 2.24) is 4.98 Å². The van der Waals surface area contributed by atoms with Gasteiger partial charge in [-0.15, -0.1) is 0 Å². The lowest BCUT2D eigenvalue weighted by Crippen LogP contribution is -2.01. The number of fused-ring (bicyclic) bond motifs is 1. The highest BCUT2D eigenvalue weighted by Crippen LogP contribution is 2.25. The summed E-state index contributed by atoms with van der Waals surface area (Å²) in [7, 11) is 0. The molecule has 4 heteroatoms. The van der Waals surface area contributed by atoms with E-state index in [1.807, 2.05) is 0 Å². The van der Waals surface area contributed by atoms with Gasteiger partial charge in [0.1, 0.15) is 5.75 Å². The quantitative estimate of drug-likeness (QED) is 0.678. The van der Waals surface area contributed by atoms with E-state index in [0.29, 0.717) is 23.9 Å². The number of aromatic nitrogens is 1. The second-order valence-corrected chi connectivity index (χ2v) is 3.20. The maximum absolute atomic E-state index is 13.3. The Hall–Kier alpha value is -1.55. The van der Waals surface area contributed by atoms with Crippen LogP contribution in [0.3, 0.4) is 0 Å². The number of aromatic hydroxyl groups is 1. The zero-order chi connectivity index (χ0) is 10.1. The van der Waals surface area contributed by atoms with Crippen LogP contribution < -0.4 is 5.73 Å². The summed E-state index contributed by atoms with van der Waals surface area (Å²) in [6.07, 6.45) is 2.39. The highest BCUT2D eigenvalue weighted by molar-refractivity contribution is 5.85. The molecule has 0 aliphatic rings. The van der Waals surface area contributed by atoms with Crippen molar-refractivity contribution >= 4 is 10.9 Å². The maximum atomic E-state index is 13.3. The summed E-state index contributed by atoms with van der Waals surface area (Å²) in [5.74, 6) is -0.504. The van der Waals surface area contributed by atoms with Crippen molar-refractivity contribution in [3.8, 4) is 5.75 Å². The topological polar surface area (TPSA) is 62.0 Å². The monoisotopic (exact) mass is 194 g/mol. The summed E-state index contributed by atoms with van der Waals surface area (Å²) in [6, 6.07) is 2.63. The summed E-state index contributed by atoms with van der Waals surface area (Å²) in [5.41, 5.74) is 6.77. The first kappa shape index (κ1) is 9.02. The lowest BCUT2D eigenvalue weighted by atomic mass is 10.1. The Kier molecular flexibility index (Phi) is 2.13. The molecule has 0 spiro atoms. The minimum atomic E-state index is -0.441. The molecule has 0 amide bonds. The van der Waals surface area contributed by atoms with Crippen molar-refractivity contribution < 1.29 is 9.50 Å². The van der Waals surface area contributed by atoms with Crippen LogP contribution in [0.25, 0.3) is 10.9 Å². The van der Waals surface area contributed by atoms with Gasteiger partial charge in [-0.25, -0.2) is 4.39 Å². The van der Waals surface area contributed by atoms with E-state index in [-0.39, 0.29) is 5.75 Å². The van der Waals surface area contributed by atoms with Gasteiger partial charge in [-0.3, -0.25) is 0 Å². The number of benzene rings is 1. The van der Waals surface area contributed by atoms with Crippen LogP contribution in [0.2, 0.25) is 0 Å². The fraction of sp³-hybridized carbons (Fsp3) is 0.200. The Morgan fingerprint density at radius 1 is 1.43 bits per heavy atom. The lowest BCUT2D eigenvalue weighted by Gasteiger charge is -1.98. The molecule has 1 aromatic heterocycles. The normalized spacial score (nSPS) is 11.0. The van der Waals surface area contributed by atoms with Crippen molar-refractivity contribution in [1.29, 1.82) is 0 Å². The van der Waals surface area contributed by atoms with E-state index in [9.17, 15) is 9.50 Å². The van der Waals surface area contributed by atoms with Crippen LogP contribution in [0.15, 0.2) is 18.3 Å². The number of H-pyrrole nitrogens is 1. The Bertz CT molecular complexity index is 464. The third-order valence-corrected chi connectivity index (χ3v) is 2.23. The van der Waals surface area contributed by atoms with Crippen LogP contribution >= 0.6 is 0 Å². The molecule has 0 saturated heterocycles. The molecule has 0 unspecified atom stereocenters. The number of nitrogens with one attached hydrogen (secondary N) is 1. The molecule has 14 heavy (non-hydrogen) atoms. The Labute approximate surface area is 80.4 Å². The average molecular weight is 194 g/mol. The first-order valence-corrected chi connectivity index (χ1v) is 4.41. The maximum Gasteiger partial charge on any atom is 0.150 e. The molecule has 1 heterocycles. The number of nitrogens with two attached hydrogens (primary N) is 1. The van der Waals surface area contributed by atoms with E-state index in [4.69, 9.17) is 5.73 Å². The molecule has 0 aliphatic carbocycles. The van der Waals surface area contributed by atoms with Gasteiger partial charge >= 0.3 is 0 Å². The number of halogens is 1. The highest BCUT2D eigenvalue weighted by Gasteiger charge is 2.08. The number of phenolic OH excluding ortho intramolecular Hbond substituents is 1. The van der Waals surface area contributed by atoms with E-state index in [0.717, 1.165) is 11.6 Å². The van der Waals surface area contributed by atoms with E-state index < -0.39 is 5.82 Å². The van der Waals surface area contributed by atoms with Crippen molar-refractivity contribution in [2.45, 2.75) is 6.42 Å². The minimum Gasteiger partial charge on any atom is -0.508 e. The van der Waals surface area contributed by atoms with Crippen LogP contribution in [0, 0.1) is 5.82 Å². The molecular weight excluding hydrogens is 183 g/mol. The predicted octanol–water partition coefficient (Wildman–Crippen LogP) is 1.51. The largest absolute Gasteiger partial charge is 0.508 e. The number of aromatic amines is 1. The van der Waals surface area contributed by atoms with Gasteiger partial charge in [-0.1, -0.05) is 0 Å². The number of hydrogen-bond acceptors (Lipinski definition) is 2. The number of hydrogen-bond donors (Lipinski definition) is 3. The van der Waals surface area contributed by atoms with Gasteiger partial charge in [0.05, 0.1) is 5.52 Å². The molecule has 0 aliphatic heterocycles. The van der Waals surface area contributed by atoms with Gasteiger partial charge < -0.3 is 15.8 Å². The van der Waals surface area contributed by atoms with Gasteiger partial charge in [0.25, 0.3) is 0 Å². The molecule has 2 aromatic rings. The third kappa shape index (κ3) is 1.33. The van der Waals surface area contributed by atoms with Gasteiger partial charge in [-0.05, 0) is 24.6 Å². The summed E-state index contributed by atoms with van der Waals surface area (Å²) in [6.45, 7) is 0.504. The SMILES string of the molecule is NCCc1c[nH]c2c(F)cc(O)cc12. The molecule has 0 radical (unpaired) electrons. The smallest absolute Gasteiger partial charge is 0.150 e. The van der Waals surface area contributed by atoms with E-state index in [2.05, 4.69) is 4.98 Å². The van der Waals surface area contributed by atoms with Crippen molar-refractivity contribution in [3.05, 3.63) is 29.7 Å². The van der Waals surface area contributed by atoms with Crippen LogP contribution in [-0.4, -0.2) is 16.6 Å². The van der Waals surface area contributed by atoms with E-state index in [1.165, 1.54) is 0 Å². The Balaban J connectivity index is 2.66. The second kappa shape index (κ2) is 3.31. The molecule has 0 saturated carbocycles. The second-order valence-electron chi connectivity index (χ2n) is 3.20. The first-order chi connectivity index (χ1) is 6.72. The third-order valence-electron chi connectivity index (χ3n) is 2.23. The fourth-order valence-electron chi connectivity index (χ4n) is 1.59. The average Bonchev–Trinajstić information content (AvgIpc) is 2.49.